The zero-order chi connectivity index (χ0) is 16.8. The van der Waals surface area contributed by atoms with E-state index in [0.717, 1.165) is 16.7 Å². The summed E-state index contributed by atoms with van der Waals surface area (Å²) in [4.78, 5) is 14.3. The van der Waals surface area contributed by atoms with Gasteiger partial charge in [-0.3, -0.25) is 9.69 Å². The normalized spacial score (nSPS) is 12.2. The first-order valence-corrected chi connectivity index (χ1v) is 7.39. The average molecular weight is 316 g/mol. The highest BCUT2D eigenvalue weighted by Crippen LogP contribution is 2.19. The summed E-state index contributed by atoms with van der Waals surface area (Å²) in [6, 6.07) is 12.9. The highest BCUT2D eigenvalue weighted by Gasteiger charge is 2.22. The van der Waals surface area contributed by atoms with Crippen LogP contribution in [0.1, 0.15) is 22.7 Å². The lowest BCUT2D eigenvalue weighted by Gasteiger charge is -2.24. The van der Waals surface area contributed by atoms with Crippen LogP contribution in [-0.4, -0.2) is 30.0 Å². The molecule has 0 unspecified atom stereocenters. The lowest BCUT2D eigenvalue weighted by molar-refractivity contribution is -0.125. The van der Waals surface area contributed by atoms with Crippen molar-refractivity contribution in [3.63, 3.8) is 0 Å². The van der Waals surface area contributed by atoms with E-state index < -0.39 is 6.04 Å². The molecule has 2 N–H and O–H groups in total. The van der Waals surface area contributed by atoms with Crippen molar-refractivity contribution >= 4 is 5.91 Å². The zero-order valence-electron chi connectivity index (χ0n) is 13.3. The Balaban J connectivity index is 2.04. The second kappa shape index (κ2) is 7.85. The van der Waals surface area contributed by atoms with Crippen molar-refractivity contribution in [2.75, 3.05) is 14.1 Å². The summed E-state index contributed by atoms with van der Waals surface area (Å²) in [6.45, 7) is 0.399. The Bertz CT molecular complexity index is 639. The van der Waals surface area contributed by atoms with Crippen molar-refractivity contribution in [2.45, 2.75) is 19.2 Å². The van der Waals surface area contributed by atoms with Crippen LogP contribution in [0.2, 0.25) is 0 Å². The molecule has 0 aliphatic carbocycles. The molecule has 23 heavy (non-hydrogen) atoms. The van der Waals surface area contributed by atoms with Crippen LogP contribution in [0.5, 0.6) is 0 Å². The third-order valence-electron chi connectivity index (χ3n) is 3.62. The molecule has 2 rings (SSSR count). The van der Waals surface area contributed by atoms with Gasteiger partial charge < -0.3 is 10.4 Å². The fourth-order valence-electron chi connectivity index (χ4n) is 2.38. The van der Waals surface area contributed by atoms with E-state index in [1.165, 1.54) is 12.1 Å². The fraction of sp³-hybridized carbons (Fsp3) is 0.278. The lowest BCUT2D eigenvalue weighted by Crippen LogP contribution is -2.36. The van der Waals surface area contributed by atoms with Crippen LogP contribution in [0.3, 0.4) is 0 Å². The molecule has 0 heterocycles. The molecule has 0 saturated carbocycles. The number of aliphatic hydroxyl groups is 1. The van der Waals surface area contributed by atoms with Crippen molar-refractivity contribution in [1.82, 2.24) is 10.2 Å². The van der Waals surface area contributed by atoms with Crippen LogP contribution >= 0.6 is 0 Å². The Morgan fingerprint density at radius 1 is 1.09 bits per heavy atom. The minimum Gasteiger partial charge on any atom is -0.392 e. The van der Waals surface area contributed by atoms with E-state index in [-0.39, 0.29) is 18.3 Å². The smallest absolute Gasteiger partial charge is 0.242 e. The van der Waals surface area contributed by atoms with Crippen molar-refractivity contribution in [2.24, 2.45) is 0 Å². The van der Waals surface area contributed by atoms with Gasteiger partial charge in [0.25, 0.3) is 0 Å². The summed E-state index contributed by atoms with van der Waals surface area (Å²) in [5.74, 6) is -0.469. The van der Waals surface area contributed by atoms with Crippen LogP contribution in [0.15, 0.2) is 48.5 Å². The Labute approximate surface area is 135 Å². The number of likely N-dealkylation sites (N-methyl/N-ethyl adjacent to an activating group) is 1. The van der Waals surface area contributed by atoms with Crippen LogP contribution in [0.4, 0.5) is 4.39 Å². The Hall–Kier alpha value is -2.24. The number of nitrogens with one attached hydrogen (secondary N) is 1. The van der Waals surface area contributed by atoms with Gasteiger partial charge in [0.15, 0.2) is 0 Å². The lowest BCUT2D eigenvalue weighted by atomic mass is 10.0. The number of carbonyl (C=O) groups is 1. The summed E-state index contributed by atoms with van der Waals surface area (Å²) in [5.41, 5.74) is 2.52. The maximum atomic E-state index is 13.1. The van der Waals surface area contributed by atoms with Crippen molar-refractivity contribution in [3.05, 3.63) is 71.0 Å². The fourth-order valence-corrected chi connectivity index (χ4v) is 2.38. The molecule has 5 heteroatoms. The maximum Gasteiger partial charge on any atom is 0.242 e. The molecule has 1 amide bonds. The summed E-state index contributed by atoms with van der Waals surface area (Å²) in [7, 11) is 3.62. The van der Waals surface area contributed by atoms with E-state index in [1.54, 1.807) is 17.0 Å². The SMILES string of the molecule is CN(C)[C@H](C(=O)NCc1ccc(CO)cc1)c1ccc(F)cc1. The number of hydrogen-bond acceptors (Lipinski definition) is 3. The molecule has 4 nitrogen and oxygen atoms in total. The van der Waals surface area contributed by atoms with Gasteiger partial charge in [0.05, 0.1) is 6.61 Å². The topological polar surface area (TPSA) is 52.6 Å². The molecule has 0 spiro atoms. The Morgan fingerprint density at radius 3 is 2.17 bits per heavy atom. The Morgan fingerprint density at radius 2 is 1.65 bits per heavy atom. The number of benzene rings is 2. The first-order valence-electron chi connectivity index (χ1n) is 7.39. The first kappa shape index (κ1) is 17.1. The number of carbonyl (C=O) groups excluding carboxylic acids is 1. The largest absolute Gasteiger partial charge is 0.392 e. The first-order chi connectivity index (χ1) is 11.0. The number of amides is 1. The van der Waals surface area contributed by atoms with E-state index in [4.69, 9.17) is 5.11 Å². The molecule has 0 aromatic heterocycles. The summed E-state index contributed by atoms with van der Waals surface area (Å²) in [5, 5.41) is 11.9. The average Bonchev–Trinajstić information content (AvgIpc) is 2.55. The van der Waals surface area contributed by atoms with Gasteiger partial charge >= 0.3 is 0 Å². The number of rotatable bonds is 6. The van der Waals surface area contributed by atoms with Gasteiger partial charge in [0.1, 0.15) is 11.9 Å². The summed E-state index contributed by atoms with van der Waals surface area (Å²) in [6.07, 6.45) is 0. The van der Waals surface area contributed by atoms with Gasteiger partial charge in [-0.2, -0.15) is 0 Å². The number of hydrogen-bond donors (Lipinski definition) is 2. The molecular weight excluding hydrogens is 295 g/mol. The van der Waals surface area contributed by atoms with Gasteiger partial charge in [-0.15, -0.1) is 0 Å². The van der Waals surface area contributed by atoms with Crippen molar-refractivity contribution in [3.8, 4) is 0 Å². The van der Waals surface area contributed by atoms with Gasteiger partial charge in [0, 0.05) is 6.54 Å². The molecule has 2 aromatic rings. The van der Waals surface area contributed by atoms with Gasteiger partial charge in [-0.25, -0.2) is 4.39 Å². The van der Waals surface area contributed by atoms with Crippen molar-refractivity contribution in [1.29, 1.82) is 0 Å². The quantitative estimate of drug-likeness (QED) is 0.859. The highest BCUT2D eigenvalue weighted by atomic mass is 19.1. The molecule has 0 bridgehead atoms. The van der Waals surface area contributed by atoms with E-state index in [0.29, 0.717) is 6.54 Å². The monoisotopic (exact) mass is 316 g/mol. The molecule has 122 valence electrons. The van der Waals surface area contributed by atoms with E-state index >= 15 is 0 Å². The third-order valence-corrected chi connectivity index (χ3v) is 3.62. The molecular formula is C18H21FN2O2. The van der Waals surface area contributed by atoms with Crippen molar-refractivity contribution < 1.29 is 14.3 Å². The molecule has 0 radical (unpaired) electrons. The molecule has 0 aliphatic rings. The second-order valence-corrected chi connectivity index (χ2v) is 5.61. The molecule has 0 fully saturated rings. The van der Waals surface area contributed by atoms with E-state index in [2.05, 4.69) is 5.32 Å². The Kier molecular flexibility index (Phi) is 5.84. The minimum absolute atomic E-state index is 0.0000899. The third kappa shape index (κ3) is 4.61. The zero-order valence-corrected chi connectivity index (χ0v) is 13.3. The number of halogens is 1. The molecule has 1 atom stereocenters. The predicted octanol–water partition coefficient (Wildman–Crippen LogP) is 2.24. The van der Waals surface area contributed by atoms with E-state index in [1.807, 2.05) is 38.4 Å². The van der Waals surface area contributed by atoms with Gasteiger partial charge in [-0.1, -0.05) is 36.4 Å². The second-order valence-electron chi connectivity index (χ2n) is 5.61. The van der Waals surface area contributed by atoms with E-state index in [9.17, 15) is 9.18 Å². The molecule has 2 aromatic carbocycles. The summed E-state index contributed by atoms with van der Waals surface area (Å²) < 4.78 is 13.1. The van der Waals surface area contributed by atoms with Crippen LogP contribution in [0, 0.1) is 5.82 Å². The number of aliphatic hydroxyl groups excluding tert-OH is 1. The minimum atomic E-state index is -0.479. The highest BCUT2D eigenvalue weighted by molar-refractivity contribution is 5.83. The summed E-state index contributed by atoms with van der Waals surface area (Å²) >= 11 is 0. The molecule has 0 saturated heterocycles. The van der Waals surface area contributed by atoms with Gasteiger partial charge in [-0.05, 0) is 42.9 Å². The van der Waals surface area contributed by atoms with Crippen LogP contribution < -0.4 is 5.32 Å². The standard InChI is InChI=1S/C18H21FN2O2/c1-21(2)17(15-7-9-16(19)10-8-15)18(23)20-11-13-3-5-14(12-22)6-4-13/h3-10,17,22H,11-12H2,1-2H3,(H,20,23)/t17-/m0/s1. The maximum absolute atomic E-state index is 13.1. The van der Waals surface area contributed by atoms with Crippen LogP contribution in [0.25, 0.3) is 0 Å². The predicted molar refractivity (Wildman–Crippen MR) is 87.0 cm³/mol. The van der Waals surface area contributed by atoms with Gasteiger partial charge in [0.2, 0.25) is 5.91 Å². The number of nitrogens with zero attached hydrogens (tertiary/aromatic N) is 1. The van der Waals surface area contributed by atoms with Crippen LogP contribution in [-0.2, 0) is 17.9 Å². The molecule has 0 aliphatic heterocycles.